The molecule has 3 aromatic carbocycles. The van der Waals surface area contributed by atoms with Crippen molar-refractivity contribution in [1.82, 2.24) is 14.6 Å². The monoisotopic (exact) mass is 403 g/mol. The Balaban J connectivity index is 1.68. The van der Waals surface area contributed by atoms with Crippen LogP contribution in [0.25, 0.3) is 39.4 Å². The minimum atomic E-state index is 0.129. The number of benzene rings is 3. The molecule has 0 unspecified atom stereocenters. The molecule has 2 heterocycles. The van der Waals surface area contributed by atoms with E-state index in [2.05, 4.69) is 93.6 Å². The van der Waals surface area contributed by atoms with Gasteiger partial charge in [0.05, 0.1) is 17.1 Å². The molecule has 0 amide bonds. The fraction of sp³-hybridized carbons (Fsp3) is 0.143. The first-order valence-electron chi connectivity index (χ1n) is 10.6. The Labute approximate surface area is 183 Å². The lowest BCUT2D eigenvalue weighted by Crippen LogP contribution is -2.10. The van der Waals surface area contributed by atoms with Crippen LogP contribution in [0.15, 0.2) is 97.1 Å². The van der Waals surface area contributed by atoms with Gasteiger partial charge in [0.15, 0.2) is 5.65 Å². The van der Waals surface area contributed by atoms with Gasteiger partial charge in [0.1, 0.15) is 0 Å². The van der Waals surface area contributed by atoms with Crippen LogP contribution in [0.5, 0.6) is 0 Å². The van der Waals surface area contributed by atoms with Crippen molar-refractivity contribution >= 4 is 5.65 Å². The zero-order valence-electron chi connectivity index (χ0n) is 18.1. The van der Waals surface area contributed by atoms with E-state index < -0.39 is 0 Å². The van der Waals surface area contributed by atoms with Crippen molar-refractivity contribution in [2.75, 3.05) is 0 Å². The molecule has 0 spiro atoms. The molecule has 5 aromatic rings. The largest absolute Gasteiger partial charge is 0.228 e. The second-order valence-electron chi connectivity index (χ2n) is 8.89. The lowest BCUT2D eigenvalue weighted by molar-refractivity contribution is 0.590. The molecule has 0 saturated heterocycles. The van der Waals surface area contributed by atoms with E-state index in [1.165, 1.54) is 5.56 Å². The Bertz CT molecular complexity index is 1330. The smallest absolute Gasteiger partial charge is 0.156 e. The highest BCUT2D eigenvalue weighted by atomic mass is 15.3. The second-order valence-corrected chi connectivity index (χ2v) is 8.89. The Morgan fingerprint density at radius 3 is 1.81 bits per heavy atom. The molecule has 0 fully saturated rings. The molecule has 0 bridgehead atoms. The maximum Gasteiger partial charge on any atom is 0.156 e. The zero-order valence-corrected chi connectivity index (χ0v) is 18.1. The van der Waals surface area contributed by atoms with Gasteiger partial charge in [-0.05, 0) is 17.0 Å². The SMILES string of the molecule is CC(C)(C)c1ccc(-c2cc3nc(-c4ccccc4)cc(-c4ccccc4)n3n2)cc1. The summed E-state index contributed by atoms with van der Waals surface area (Å²) in [5, 5.41) is 4.94. The van der Waals surface area contributed by atoms with Gasteiger partial charge in [-0.1, -0.05) is 106 Å². The molecule has 5 rings (SSSR count). The molecule has 0 aliphatic carbocycles. The summed E-state index contributed by atoms with van der Waals surface area (Å²) >= 11 is 0. The fourth-order valence-corrected chi connectivity index (χ4v) is 3.83. The average molecular weight is 404 g/mol. The molecule has 31 heavy (non-hydrogen) atoms. The summed E-state index contributed by atoms with van der Waals surface area (Å²) in [4.78, 5) is 4.94. The van der Waals surface area contributed by atoms with Crippen LogP contribution in [-0.2, 0) is 5.41 Å². The molecule has 3 nitrogen and oxygen atoms in total. The third-order valence-corrected chi connectivity index (χ3v) is 5.61. The number of rotatable bonds is 3. The van der Waals surface area contributed by atoms with E-state index in [9.17, 15) is 0 Å². The minimum Gasteiger partial charge on any atom is -0.228 e. The Hall–Kier alpha value is -3.72. The summed E-state index contributed by atoms with van der Waals surface area (Å²) in [6.07, 6.45) is 0. The van der Waals surface area contributed by atoms with Crippen LogP contribution in [0.4, 0.5) is 0 Å². The average Bonchev–Trinajstić information content (AvgIpc) is 3.23. The van der Waals surface area contributed by atoms with Crippen LogP contribution < -0.4 is 0 Å². The van der Waals surface area contributed by atoms with E-state index in [0.29, 0.717) is 0 Å². The quantitative estimate of drug-likeness (QED) is 0.324. The van der Waals surface area contributed by atoms with Gasteiger partial charge in [0.2, 0.25) is 0 Å². The summed E-state index contributed by atoms with van der Waals surface area (Å²) < 4.78 is 1.95. The van der Waals surface area contributed by atoms with Gasteiger partial charge in [0, 0.05) is 22.8 Å². The van der Waals surface area contributed by atoms with Gasteiger partial charge in [0.25, 0.3) is 0 Å². The predicted molar refractivity (Wildman–Crippen MR) is 128 cm³/mol. The number of aromatic nitrogens is 3. The van der Waals surface area contributed by atoms with E-state index in [0.717, 1.165) is 39.4 Å². The van der Waals surface area contributed by atoms with Crippen LogP contribution in [0, 0.1) is 0 Å². The lowest BCUT2D eigenvalue weighted by Gasteiger charge is -2.18. The van der Waals surface area contributed by atoms with Crippen LogP contribution in [0.2, 0.25) is 0 Å². The van der Waals surface area contributed by atoms with Crippen molar-refractivity contribution in [3.8, 4) is 33.8 Å². The van der Waals surface area contributed by atoms with E-state index in [1.54, 1.807) is 0 Å². The molecular formula is C28H25N3. The molecule has 0 aliphatic rings. The highest BCUT2D eigenvalue weighted by Crippen LogP contribution is 2.30. The number of hydrogen-bond donors (Lipinski definition) is 0. The number of nitrogens with zero attached hydrogens (tertiary/aromatic N) is 3. The van der Waals surface area contributed by atoms with Crippen LogP contribution in [0.3, 0.4) is 0 Å². The van der Waals surface area contributed by atoms with Gasteiger partial charge in [-0.25, -0.2) is 9.50 Å². The standard InChI is InChI=1S/C28H25N3/c1-28(2,3)23-16-14-21(15-17-23)25-19-27-29-24(20-10-6-4-7-11-20)18-26(31(27)30-25)22-12-8-5-9-13-22/h4-19H,1-3H3. The number of hydrogen-bond acceptors (Lipinski definition) is 2. The highest BCUT2D eigenvalue weighted by molar-refractivity contribution is 5.74. The second kappa shape index (κ2) is 7.51. The summed E-state index contributed by atoms with van der Waals surface area (Å²) in [5.41, 5.74) is 8.50. The summed E-state index contributed by atoms with van der Waals surface area (Å²) in [6, 6.07) is 33.6. The maximum absolute atomic E-state index is 4.94. The molecule has 0 saturated carbocycles. The van der Waals surface area contributed by atoms with Gasteiger partial charge >= 0.3 is 0 Å². The first kappa shape index (κ1) is 19.3. The van der Waals surface area contributed by atoms with Crippen LogP contribution in [0.1, 0.15) is 26.3 Å². The topological polar surface area (TPSA) is 30.2 Å². The summed E-state index contributed by atoms with van der Waals surface area (Å²) in [7, 11) is 0. The van der Waals surface area contributed by atoms with Crippen molar-refractivity contribution in [3.63, 3.8) is 0 Å². The van der Waals surface area contributed by atoms with E-state index in [-0.39, 0.29) is 5.41 Å². The van der Waals surface area contributed by atoms with Gasteiger partial charge in [-0.3, -0.25) is 0 Å². The molecule has 3 heteroatoms. The highest BCUT2D eigenvalue weighted by Gasteiger charge is 2.16. The fourth-order valence-electron chi connectivity index (χ4n) is 3.83. The third-order valence-electron chi connectivity index (χ3n) is 5.61. The maximum atomic E-state index is 4.94. The van der Waals surface area contributed by atoms with Gasteiger partial charge in [-0.15, -0.1) is 0 Å². The van der Waals surface area contributed by atoms with Crippen molar-refractivity contribution in [1.29, 1.82) is 0 Å². The third kappa shape index (κ3) is 3.75. The van der Waals surface area contributed by atoms with Crippen molar-refractivity contribution in [3.05, 3.63) is 103 Å². The summed E-state index contributed by atoms with van der Waals surface area (Å²) in [5.74, 6) is 0. The Morgan fingerprint density at radius 1 is 0.613 bits per heavy atom. The van der Waals surface area contributed by atoms with Crippen molar-refractivity contribution in [2.24, 2.45) is 0 Å². The minimum absolute atomic E-state index is 0.129. The molecule has 0 radical (unpaired) electrons. The molecule has 2 aromatic heterocycles. The summed E-state index contributed by atoms with van der Waals surface area (Å²) in [6.45, 7) is 6.69. The molecule has 0 aliphatic heterocycles. The van der Waals surface area contributed by atoms with Gasteiger partial charge < -0.3 is 0 Å². The molecule has 0 atom stereocenters. The molecular weight excluding hydrogens is 378 g/mol. The van der Waals surface area contributed by atoms with Gasteiger partial charge in [-0.2, -0.15) is 5.10 Å². The van der Waals surface area contributed by atoms with Crippen LogP contribution >= 0.6 is 0 Å². The Kier molecular flexibility index (Phi) is 4.67. The van der Waals surface area contributed by atoms with Crippen LogP contribution in [-0.4, -0.2) is 14.6 Å². The number of fused-ring (bicyclic) bond motifs is 1. The first-order valence-corrected chi connectivity index (χ1v) is 10.6. The lowest BCUT2D eigenvalue weighted by atomic mass is 9.86. The molecule has 152 valence electrons. The zero-order chi connectivity index (χ0) is 21.4. The van der Waals surface area contributed by atoms with E-state index in [1.807, 2.05) is 28.8 Å². The first-order chi connectivity index (χ1) is 15.0. The molecule has 0 N–H and O–H groups in total. The van der Waals surface area contributed by atoms with Crippen molar-refractivity contribution < 1.29 is 0 Å². The normalized spacial score (nSPS) is 11.7. The Morgan fingerprint density at radius 2 is 1.19 bits per heavy atom. The predicted octanol–water partition coefficient (Wildman–Crippen LogP) is 7.03. The van der Waals surface area contributed by atoms with Crippen molar-refractivity contribution in [2.45, 2.75) is 26.2 Å². The van der Waals surface area contributed by atoms with E-state index >= 15 is 0 Å². The van der Waals surface area contributed by atoms with E-state index in [4.69, 9.17) is 10.1 Å².